The van der Waals surface area contributed by atoms with Gasteiger partial charge in [0.05, 0.1) is 19.1 Å². The third-order valence-corrected chi connectivity index (χ3v) is 12.4. The van der Waals surface area contributed by atoms with Gasteiger partial charge in [0.2, 0.25) is 0 Å². The molecule has 2 aliphatic carbocycles. The van der Waals surface area contributed by atoms with Gasteiger partial charge in [-0.05, 0) is 134 Å². The van der Waals surface area contributed by atoms with Crippen molar-refractivity contribution in [2.45, 2.75) is 203 Å². The van der Waals surface area contributed by atoms with Crippen LogP contribution in [0, 0.1) is 28.6 Å². The molecule has 2 fully saturated rings. The monoisotopic (exact) mass is 733 g/mol. The molecule has 0 aliphatic heterocycles. The zero-order chi connectivity index (χ0) is 38.6. The number of carbonyl (C=O) groups is 2. The zero-order valence-electron chi connectivity index (χ0n) is 35.1. The maximum atomic E-state index is 12.6. The highest BCUT2D eigenvalue weighted by Gasteiger charge is 2.62. The fourth-order valence-electron chi connectivity index (χ4n) is 8.10. The first kappa shape index (κ1) is 46.5. The van der Waals surface area contributed by atoms with Crippen molar-refractivity contribution in [2.24, 2.45) is 28.6 Å². The molecule has 6 atom stereocenters. The first-order valence-electron chi connectivity index (χ1n) is 21.2. The van der Waals surface area contributed by atoms with E-state index in [1.165, 1.54) is 17.6 Å². The highest BCUT2D eigenvalue weighted by Crippen LogP contribution is 2.66. The normalized spacial score (nSPS) is 22.7. The first-order valence-corrected chi connectivity index (χ1v) is 21.2. The molecule has 302 valence electrons. The van der Waals surface area contributed by atoms with E-state index in [-0.39, 0.29) is 35.3 Å². The second-order valence-electron chi connectivity index (χ2n) is 17.8. The van der Waals surface area contributed by atoms with E-state index in [2.05, 4.69) is 74.5 Å². The van der Waals surface area contributed by atoms with E-state index in [0.717, 1.165) is 83.5 Å². The van der Waals surface area contributed by atoms with E-state index in [1.807, 2.05) is 0 Å². The molecular weight excluding hydrogens is 652 g/mol. The number of allylic oxidation sites excluding steroid dienone is 4. The van der Waals surface area contributed by atoms with Crippen molar-refractivity contribution in [1.29, 1.82) is 0 Å². The van der Waals surface area contributed by atoms with Gasteiger partial charge in [-0.3, -0.25) is 9.59 Å². The second-order valence-corrected chi connectivity index (χ2v) is 17.8. The Balaban J connectivity index is 1.56. The Morgan fingerprint density at radius 2 is 1.29 bits per heavy atom. The standard InChI is InChI=1S/C45H80O7/c1-34(2)17-14-19-36(5)27-31-50-43(51-32-28-37(6)20-15-18-35(3)4)25-24-41(47)49-30-13-11-10-12-21-39(46)22-16-23-42(48)52-40-33-38-26-29-45(40,9)44(38,7)8/h17-18,36-40,43,46H,10-16,19-33H2,1-9H3/t36?,37?,38-,39?,40+,43?,45+/m0/s1. The number of esters is 2. The van der Waals surface area contributed by atoms with Gasteiger partial charge in [-0.15, -0.1) is 0 Å². The number of aliphatic hydroxyl groups is 1. The molecule has 2 aliphatic rings. The summed E-state index contributed by atoms with van der Waals surface area (Å²) < 4.78 is 23.8. The Morgan fingerprint density at radius 3 is 1.83 bits per heavy atom. The predicted octanol–water partition coefficient (Wildman–Crippen LogP) is 11.5. The molecule has 7 heteroatoms. The second kappa shape index (κ2) is 24.7. The highest BCUT2D eigenvalue weighted by molar-refractivity contribution is 5.69. The molecule has 2 bridgehead atoms. The van der Waals surface area contributed by atoms with Gasteiger partial charge in [-0.2, -0.15) is 0 Å². The van der Waals surface area contributed by atoms with Crippen LogP contribution in [0.4, 0.5) is 0 Å². The summed E-state index contributed by atoms with van der Waals surface area (Å²) in [6.07, 6.45) is 20.5. The fraction of sp³-hybridized carbons (Fsp3) is 0.867. The Labute approximate surface area is 319 Å². The van der Waals surface area contributed by atoms with Crippen LogP contribution in [0.5, 0.6) is 0 Å². The first-order chi connectivity index (χ1) is 24.6. The molecule has 7 nitrogen and oxygen atoms in total. The number of fused-ring (bicyclic) bond motifs is 2. The zero-order valence-corrected chi connectivity index (χ0v) is 35.1. The summed E-state index contributed by atoms with van der Waals surface area (Å²) in [4.78, 5) is 25.1. The van der Waals surface area contributed by atoms with Gasteiger partial charge >= 0.3 is 11.9 Å². The number of carbonyl (C=O) groups excluding carboxylic acids is 2. The molecule has 52 heavy (non-hydrogen) atoms. The quantitative estimate of drug-likeness (QED) is 0.0354. The third kappa shape index (κ3) is 17.6. The highest BCUT2D eigenvalue weighted by atomic mass is 16.7. The van der Waals surface area contributed by atoms with Crippen LogP contribution < -0.4 is 0 Å². The van der Waals surface area contributed by atoms with Crippen LogP contribution in [0.15, 0.2) is 23.3 Å². The van der Waals surface area contributed by atoms with Gasteiger partial charge in [-0.25, -0.2) is 0 Å². The van der Waals surface area contributed by atoms with Crippen molar-refractivity contribution < 1.29 is 33.6 Å². The lowest BCUT2D eigenvalue weighted by Crippen LogP contribution is -2.38. The number of hydrogen-bond donors (Lipinski definition) is 1. The lowest BCUT2D eigenvalue weighted by Gasteiger charge is -2.38. The Morgan fingerprint density at radius 1 is 0.712 bits per heavy atom. The molecular formula is C45H80O7. The van der Waals surface area contributed by atoms with Crippen molar-refractivity contribution >= 4 is 11.9 Å². The molecule has 3 unspecified atom stereocenters. The maximum absolute atomic E-state index is 12.6. The number of unbranched alkanes of at least 4 members (excludes halogenated alkanes) is 3. The van der Waals surface area contributed by atoms with Gasteiger partial charge < -0.3 is 24.1 Å². The van der Waals surface area contributed by atoms with Crippen LogP contribution >= 0.6 is 0 Å². The minimum Gasteiger partial charge on any atom is -0.466 e. The van der Waals surface area contributed by atoms with Crippen LogP contribution in [0.1, 0.15) is 184 Å². The molecule has 2 saturated carbocycles. The van der Waals surface area contributed by atoms with E-state index in [1.54, 1.807) is 0 Å². The van der Waals surface area contributed by atoms with E-state index >= 15 is 0 Å². The topological polar surface area (TPSA) is 91.3 Å². The minimum absolute atomic E-state index is 0.0381. The van der Waals surface area contributed by atoms with Crippen molar-refractivity contribution in [3.63, 3.8) is 0 Å². The van der Waals surface area contributed by atoms with E-state index < -0.39 is 12.4 Å². The Bertz CT molecular complexity index is 1040. The molecule has 0 aromatic rings. The van der Waals surface area contributed by atoms with Gasteiger partial charge in [0.15, 0.2) is 6.29 Å². The summed E-state index contributed by atoms with van der Waals surface area (Å²) in [6.45, 7) is 21.7. The fourth-order valence-corrected chi connectivity index (χ4v) is 8.10. The van der Waals surface area contributed by atoms with Crippen molar-refractivity contribution in [1.82, 2.24) is 0 Å². The molecule has 1 N–H and O–H groups in total. The summed E-state index contributed by atoms with van der Waals surface area (Å²) in [7, 11) is 0. The number of aliphatic hydroxyl groups excluding tert-OH is 1. The number of hydrogen-bond acceptors (Lipinski definition) is 7. The maximum Gasteiger partial charge on any atom is 0.306 e. The van der Waals surface area contributed by atoms with Crippen molar-refractivity contribution in [3.8, 4) is 0 Å². The summed E-state index contributed by atoms with van der Waals surface area (Å²) in [5, 5.41) is 10.4. The summed E-state index contributed by atoms with van der Waals surface area (Å²) in [5.41, 5.74) is 3.05. The van der Waals surface area contributed by atoms with Gasteiger partial charge in [0, 0.05) is 31.5 Å². The van der Waals surface area contributed by atoms with Crippen LogP contribution in [0.25, 0.3) is 0 Å². The molecule has 0 aromatic carbocycles. The summed E-state index contributed by atoms with van der Waals surface area (Å²) in [5.74, 6) is 1.49. The Kier molecular flexibility index (Phi) is 22.0. The molecule has 0 saturated heterocycles. The predicted molar refractivity (Wildman–Crippen MR) is 213 cm³/mol. The molecule has 2 rings (SSSR count). The lowest BCUT2D eigenvalue weighted by molar-refractivity contribution is -0.161. The van der Waals surface area contributed by atoms with Gasteiger partial charge in [0.1, 0.15) is 6.10 Å². The van der Waals surface area contributed by atoms with E-state index in [9.17, 15) is 14.7 Å². The van der Waals surface area contributed by atoms with Crippen LogP contribution in [0.3, 0.4) is 0 Å². The molecule has 0 amide bonds. The average molecular weight is 733 g/mol. The molecule has 0 aromatic heterocycles. The van der Waals surface area contributed by atoms with E-state index in [0.29, 0.717) is 63.3 Å². The van der Waals surface area contributed by atoms with Crippen molar-refractivity contribution in [3.05, 3.63) is 23.3 Å². The minimum atomic E-state index is -0.391. The Hall–Kier alpha value is -1.70. The molecule has 0 heterocycles. The average Bonchev–Trinajstić information content (AvgIpc) is 3.40. The van der Waals surface area contributed by atoms with Gasteiger partial charge in [-0.1, -0.05) is 77.2 Å². The smallest absolute Gasteiger partial charge is 0.306 e. The van der Waals surface area contributed by atoms with Crippen LogP contribution in [0.2, 0.25) is 0 Å². The lowest BCUT2D eigenvalue weighted by atomic mass is 9.70. The SMILES string of the molecule is CC(C)=CCCC(C)CCOC(CCC(=O)OCCCCCCC(O)CCCC(=O)O[C@@H]1C[C@@H]2CC[C@@]1(C)C2(C)C)OCCC(C)CCC=C(C)C. The molecule has 0 spiro atoms. The number of rotatable bonds is 29. The summed E-state index contributed by atoms with van der Waals surface area (Å²) >= 11 is 0. The van der Waals surface area contributed by atoms with Crippen LogP contribution in [-0.4, -0.2) is 55.4 Å². The van der Waals surface area contributed by atoms with E-state index in [4.69, 9.17) is 18.9 Å². The van der Waals surface area contributed by atoms with Gasteiger partial charge in [0.25, 0.3) is 0 Å². The molecule has 0 radical (unpaired) electrons. The largest absolute Gasteiger partial charge is 0.466 e. The number of ether oxygens (including phenoxy) is 4. The summed E-state index contributed by atoms with van der Waals surface area (Å²) in [6, 6.07) is 0. The van der Waals surface area contributed by atoms with Crippen LogP contribution in [-0.2, 0) is 28.5 Å². The van der Waals surface area contributed by atoms with Crippen molar-refractivity contribution in [2.75, 3.05) is 19.8 Å². The third-order valence-electron chi connectivity index (χ3n) is 12.4.